The number of rotatable bonds is 2. The summed E-state index contributed by atoms with van der Waals surface area (Å²) in [5.41, 5.74) is 4.82. The van der Waals surface area contributed by atoms with Crippen molar-refractivity contribution in [2.75, 3.05) is 0 Å². The van der Waals surface area contributed by atoms with Gasteiger partial charge in [-0.1, -0.05) is 6.07 Å². The maximum absolute atomic E-state index is 10.0. The molecular formula is C16H16INO. The van der Waals surface area contributed by atoms with Gasteiger partial charge in [0.2, 0.25) is 0 Å². The molecule has 0 heterocycles. The van der Waals surface area contributed by atoms with Crippen LogP contribution in [0.4, 0.5) is 5.69 Å². The molecule has 2 nitrogen and oxygen atoms in total. The zero-order valence-electron chi connectivity index (χ0n) is 11.2. The van der Waals surface area contributed by atoms with Crippen molar-refractivity contribution >= 4 is 34.5 Å². The summed E-state index contributed by atoms with van der Waals surface area (Å²) in [6, 6.07) is 10.0. The summed E-state index contributed by atoms with van der Waals surface area (Å²) >= 11 is 2.28. The lowest BCUT2D eigenvalue weighted by Crippen LogP contribution is -1.88. The van der Waals surface area contributed by atoms with E-state index < -0.39 is 0 Å². The van der Waals surface area contributed by atoms with Crippen molar-refractivity contribution < 1.29 is 5.11 Å². The first-order chi connectivity index (χ1) is 8.97. The molecule has 0 spiro atoms. The molecule has 2 aromatic carbocycles. The molecule has 0 aromatic heterocycles. The van der Waals surface area contributed by atoms with Crippen LogP contribution in [0.5, 0.6) is 5.75 Å². The van der Waals surface area contributed by atoms with E-state index in [0.29, 0.717) is 5.75 Å². The molecule has 2 rings (SSSR count). The van der Waals surface area contributed by atoms with Crippen molar-refractivity contribution in [2.45, 2.75) is 20.8 Å². The number of aryl methyl sites for hydroxylation is 3. The normalized spacial score (nSPS) is 11.2. The maximum Gasteiger partial charge on any atom is 0.127 e. The first-order valence-electron chi connectivity index (χ1n) is 6.08. The fourth-order valence-corrected chi connectivity index (χ4v) is 2.64. The van der Waals surface area contributed by atoms with Crippen LogP contribution in [0.15, 0.2) is 35.3 Å². The number of phenolic OH excluding ortho intramolecular Hbond substituents is 1. The van der Waals surface area contributed by atoms with Gasteiger partial charge in [-0.15, -0.1) is 0 Å². The molecule has 0 aliphatic heterocycles. The van der Waals surface area contributed by atoms with E-state index in [-0.39, 0.29) is 0 Å². The molecular weight excluding hydrogens is 349 g/mol. The highest BCUT2D eigenvalue weighted by molar-refractivity contribution is 14.1. The molecule has 0 saturated heterocycles. The van der Waals surface area contributed by atoms with Gasteiger partial charge >= 0.3 is 0 Å². The molecule has 1 N–H and O–H groups in total. The number of aliphatic imine (C=N–C) groups is 1. The van der Waals surface area contributed by atoms with E-state index in [2.05, 4.69) is 33.6 Å². The fraction of sp³-hybridized carbons (Fsp3) is 0.188. The lowest BCUT2D eigenvalue weighted by Gasteiger charge is -2.05. The zero-order valence-corrected chi connectivity index (χ0v) is 13.4. The van der Waals surface area contributed by atoms with Crippen LogP contribution in [0.25, 0.3) is 0 Å². The van der Waals surface area contributed by atoms with Gasteiger partial charge in [-0.05, 0) is 84.3 Å². The number of hydrogen-bond acceptors (Lipinski definition) is 2. The summed E-state index contributed by atoms with van der Waals surface area (Å²) in [7, 11) is 0. The number of benzene rings is 2. The average Bonchev–Trinajstić information content (AvgIpc) is 2.33. The maximum atomic E-state index is 10.0. The Hall–Kier alpha value is -1.36. The molecule has 0 aliphatic rings. The van der Waals surface area contributed by atoms with Gasteiger partial charge in [-0.25, -0.2) is 0 Å². The predicted molar refractivity (Wildman–Crippen MR) is 88.7 cm³/mol. The Kier molecular flexibility index (Phi) is 4.24. The fourth-order valence-electron chi connectivity index (χ4n) is 1.99. The molecule has 0 aliphatic carbocycles. The quantitative estimate of drug-likeness (QED) is 0.609. The number of nitrogens with zero attached hydrogens (tertiary/aromatic N) is 1. The van der Waals surface area contributed by atoms with Crippen LogP contribution < -0.4 is 0 Å². The van der Waals surface area contributed by atoms with Crippen molar-refractivity contribution in [3.05, 3.63) is 56.2 Å². The molecule has 0 fully saturated rings. The molecule has 0 bridgehead atoms. The van der Waals surface area contributed by atoms with Crippen molar-refractivity contribution in [3.63, 3.8) is 0 Å². The van der Waals surface area contributed by atoms with Gasteiger partial charge in [-0.2, -0.15) is 0 Å². The summed E-state index contributed by atoms with van der Waals surface area (Å²) in [5.74, 6) is 0.303. The van der Waals surface area contributed by atoms with E-state index in [1.54, 1.807) is 6.21 Å². The Morgan fingerprint density at radius 2 is 1.79 bits per heavy atom. The minimum absolute atomic E-state index is 0.303. The minimum atomic E-state index is 0.303. The van der Waals surface area contributed by atoms with Crippen LogP contribution in [0.1, 0.15) is 22.3 Å². The third-order valence-corrected chi connectivity index (χ3v) is 3.65. The van der Waals surface area contributed by atoms with Gasteiger partial charge in [0.15, 0.2) is 0 Å². The van der Waals surface area contributed by atoms with Crippen LogP contribution in [0.3, 0.4) is 0 Å². The van der Waals surface area contributed by atoms with Crippen molar-refractivity contribution in [1.29, 1.82) is 0 Å². The van der Waals surface area contributed by atoms with E-state index >= 15 is 0 Å². The highest BCUT2D eigenvalue weighted by Crippen LogP contribution is 2.24. The smallest absolute Gasteiger partial charge is 0.127 e. The lowest BCUT2D eigenvalue weighted by atomic mass is 10.1. The SMILES string of the molecule is Cc1cc(C)c(O)c(C=Nc2ccc(I)cc2C)c1. The third-order valence-electron chi connectivity index (χ3n) is 2.98. The van der Waals surface area contributed by atoms with E-state index in [0.717, 1.165) is 27.9 Å². The Labute approximate surface area is 127 Å². The highest BCUT2D eigenvalue weighted by Gasteiger charge is 2.03. The van der Waals surface area contributed by atoms with Gasteiger partial charge in [0, 0.05) is 15.3 Å². The van der Waals surface area contributed by atoms with E-state index in [4.69, 9.17) is 0 Å². The van der Waals surface area contributed by atoms with Crippen molar-refractivity contribution in [3.8, 4) is 5.75 Å². The van der Waals surface area contributed by atoms with Crippen LogP contribution in [0, 0.1) is 24.3 Å². The van der Waals surface area contributed by atoms with Crippen LogP contribution >= 0.6 is 22.6 Å². The van der Waals surface area contributed by atoms with Crippen LogP contribution in [-0.4, -0.2) is 11.3 Å². The van der Waals surface area contributed by atoms with Crippen LogP contribution in [0.2, 0.25) is 0 Å². The molecule has 0 unspecified atom stereocenters. The largest absolute Gasteiger partial charge is 0.507 e. The summed E-state index contributed by atoms with van der Waals surface area (Å²) < 4.78 is 1.20. The molecule has 0 amide bonds. The number of aromatic hydroxyl groups is 1. The van der Waals surface area contributed by atoms with Crippen molar-refractivity contribution in [1.82, 2.24) is 0 Å². The Bertz CT molecular complexity index is 647. The molecule has 19 heavy (non-hydrogen) atoms. The second-order valence-electron chi connectivity index (χ2n) is 4.71. The zero-order chi connectivity index (χ0) is 14.0. The Balaban J connectivity index is 2.38. The van der Waals surface area contributed by atoms with Gasteiger partial charge in [0.25, 0.3) is 0 Å². The van der Waals surface area contributed by atoms with Gasteiger partial charge in [0.1, 0.15) is 5.75 Å². The van der Waals surface area contributed by atoms with Gasteiger partial charge < -0.3 is 5.11 Å². The molecule has 0 atom stereocenters. The summed E-state index contributed by atoms with van der Waals surface area (Å²) in [5, 5.41) is 10.0. The van der Waals surface area contributed by atoms with Crippen molar-refractivity contribution in [2.24, 2.45) is 4.99 Å². The van der Waals surface area contributed by atoms with E-state index in [1.807, 2.05) is 45.0 Å². The summed E-state index contributed by atoms with van der Waals surface area (Å²) in [6.45, 7) is 5.95. The molecule has 2 aromatic rings. The van der Waals surface area contributed by atoms with Gasteiger partial charge in [-0.3, -0.25) is 4.99 Å². The standard InChI is InChI=1S/C16H16INO/c1-10-6-12(3)16(19)13(7-10)9-18-15-5-4-14(17)8-11(15)2/h4-9,19H,1-3H3. The molecule has 98 valence electrons. The monoisotopic (exact) mass is 365 g/mol. The second-order valence-corrected chi connectivity index (χ2v) is 5.95. The summed E-state index contributed by atoms with van der Waals surface area (Å²) in [6.07, 6.45) is 1.73. The lowest BCUT2D eigenvalue weighted by molar-refractivity contribution is 0.470. The first-order valence-corrected chi connectivity index (χ1v) is 7.15. The molecule has 3 heteroatoms. The Morgan fingerprint density at radius 3 is 2.47 bits per heavy atom. The number of phenols is 1. The molecule has 0 radical (unpaired) electrons. The third kappa shape index (κ3) is 3.35. The van der Waals surface area contributed by atoms with E-state index in [9.17, 15) is 5.11 Å². The topological polar surface area (TPSA) is 32.6 Å². The minimum Gasteiger partial charge on any atom is -0.507 e. The highest BCUT2D eigenvalue weighted by atomic mass is 127. The predicted octanol–water partition coefficient (Wildman–Crippen LogP) is 4.67. The Morgan fingerprint density at radius 1 is 1.05 bits per heavy atom. The average molecular weight is 365 g/mol. The first kappa shape index (κ1) is 14.1. The van der Waals surface area contributed by atoms with Crippen LogP contribution in [-0.2, 0) is 0 Å². The van der Waals surface area contributed by atoms with Gasteiger partial charge in [0.05, 0.1) is 5.69 Å². The second kappa shape index (κ2) is 5.74. The number of hydrogen-bond donors (Lipinski definition) is 1. The van der Waals surface area contributed by atoms with E-state index in [1.165, 1.54) is 3.57 Å². The summed E-state index contributed by atoms with van der Waals surface area (Å²) in [4.78, 5) is 4.47. The molecule has 0 saturated carbocycles. The number of halogens is 1.